The molecule has 0 spiro atoms. The van der Waals surface area contributed by atoms with Crippen molar-refractivity contribution >= 4 is 18.7 Å². The van der Waals surface area contributed by atoms with E-state index in [4.69, 9.17) is 4.43 Å². The van der Waals surface area contributed by atoms with Crippen molar-refractivity contribution in [2.75, 3.05) is 6.61 Å². The van der Waals surface area contributed by atoms with E-state index in [0.29, 0.717) is 0 Å². The Morgan fingerprint density at radius 1 is 0.815 bits per heavy atom. The molecule has 0 heterocycles. The predicted octanol–water partition coefficient (Wildman–Crippen LogP) is 4.89. The number of hydrogen-bond acceptors (Lipinski definition) is 2. The molecule has 2 rings (SSSR count). The monoisotopic (exact) mass is 384 g/mol. The van der Waals surface area contributed by atoms with Gasteiger partial charge in [-0.2, -0.15) is 0 Å². The summed E-state index contributed by atoms with van der Waals surface area (Å²) in [5.74, 6) is 0. The van der Waals surface area contributed by atoms with Crippen LogP contribution in [0.15, 0.2) is 60.7 Å². The number of hydrogen-bond donors (Lipinski definition) is 1. The molecule has 0 fully saturated rings. The maximum absolute atomic E-state index is 9.38. The molecule has 2 nitrogen and oxygen atoms in total. The Bertz CT molecular complexity index is 608. The Balaban J connectivity index is 2.18. The summed E-state index contributed by atoms with van der Waals surface area (Å²) < 4.78 is 6.88. The highest BCUT2D eigenvalue weighted by Crippen LogP contribution is 2.36. The summed E-state index contributed by atoms with van der Waals surface area (Å²) in [6.07, 6.45) is 5.20. The van der Waals surface area contributed by atoms with Crippen LogP contribution in [0.2, 0.25) is 5.04 Å². The van der Waals surface area contributed by atoms with Gasteiger partial charge in [0.05, 0.1) is 6.10 Å². The SMILES string of the molecule is CC(O)CCCCCCO[Si](c1ccccc1)(c1ccccc1)C(C)(C)C. The third kappa shape index (κ3) is 5.77. The number of benzene rings is 2. The molecule has 1 atom stereocenters. The highest BCUT2D eigenvalue weighted by atomic mass is 28.4. The minimum absolute atomic E-state index is 0.0437. The Hall–Kier alpha value is -1.42. The van der Waals surface area contributed by atoms with Gasteiger partial charge in [0.2, 0.25) is 0 Å². The van der Waals surface area contributed by atoms with Crippen molar-refractivity contribution in [2.24, 2.45) is 0 Å². The molecule has 3 heteroatoms. The molecule has 0 aliphatic heterocycles. The van der Waals surface area contributed by atoms with Crippen LogP contribution in [-0.4, -0.2) is 26.1 Å². The second kappa shape index (κ2) is 10.2. The lowest BCUT2D eigenvalue weighted by atomic mass is 10.1. The molecule has 1 unspecified atom stereocenters. The molecule has 0 bridgehead atoms. The smallest absolute Gasteiger partial charge is 0.261 e. The van der Waals surface area contributed by atoms with Crippen molar-refractivity contribution in [3.8, 4) is 0 Å². The van der Waals surface area contributed by atoms with Crippen LogP contribution >= 0.6 is 0 Å². The molecule has 2 aromatic rings. The van der Waals surface area contributed by atoms with Gasteiger partial charge in [-0.15, -0.1) is 0 Å². The Morgan fingerprint density at radius 2 is 1.30 bits per heavy atom. The molecule has 1 N–H and O–H groups in total. The summed E-state index contributed by atoms with van der Waals surface area (Å²) in [6.45, 7) is 9.62. The van der Waals surface area contributed by atoms with Crippen LogP contribution in [0.1, 0.15) is 59.8 Å². The molecule has 0 aliphatic carbocycles. The van der Waals surface area contributed by atoms with E-state index >= 15 is 0 Å². The molecule has 0 aliphatic rings. The summed E-state index contributed by atoms with van der Waals surface area (Å²) in [7, 11) is -2.38. The topological polar surface area (TPSA) is 29.5 Å². The van der Waals surface area contributed by atoms with E-state index in [1.807, 2.05) is 6.92 Å². The first-order chi connectivity index (χ1) is 12.9. The van der Waals surface area contributed by atoms with Gasteiger partial charge in [-0.05, 0) is 35.2 Å². The molecule has 148 valence electrons. The van der Waals surface area contributed by atoms with E-state index in [9.17, 15) is 5.11 Å². The number of aliphatic hydroxyl groups excluding tert-OH is 1. The Morgan fingerprint density at radius 3 is 1.74 bits per heavy atom. The van der Waals surface area contributed by atoms with Crippen LogP contribution in [0.25, 0.3) is 0 Å². The average molecular weight is 385 g/mol. The van der Waals surface area contributed by atoms with E-state index in [1.165, 1.54) is 10.4 Å². The van der Waals surface area contributed by atoms with E-state index in [1.54, 1.807) is 0 Å². The van der Waals surface area contributed by atoms with Crippen molar-refractivity contribution in [3.63, 3.8) is 0 Å². The zero-order chi connectivity index (χ0) is 19.8. The number of aliphatic hydroxyl groups is 1. The summed E-state index contributed by atoms with van der Waals surface area (Å²) in [5.41, 5.74) is 0. The standard InChI is InChI=1S/C24H36O2Si/c1-21(25)15-9-5-6-14-20-26-27(24(2,3)4,22-16-10-7-11-17-22)23-18-12-8-13-19-23/h7-8,10-13,16-19,21,25H,5-6,9,14-15,20H2,1-4H3. The maximum atomic E-state index is 9.38. The number of rotatable bonds is 10. The minimum atomic E-state index is -2.38. The van der Waals surface area contributed by atoms with Crippen molar-refractivity contribution in [2.45, 2.75) is 70.9 Å². The summed E-state index contributed by atoms with van der Waals surface area (Å²) in [4.78, 5) is 0. The zero-order valence-electron chi connectivity index (χ0n) is 17.4. The van der Waals surface area contributed by atoms with E-state index < -0.39 is 8.32 Å². The second-order valence-corrected chi connectivity index (χ2v) is 12.9. The fourth-order valence-electron chi connectivity index (χ4n) is 3.88. The van der Waals surface area contributed by atoms with Gasteiger partial charge in [-0.1, -0.05) is 101 Å². The maximum Gasteiger partial charge on any atom is 0.261 e. The van der Waals surface area contributed by atoms with Gasteiger partial charge in [0.25, 0.3) is 8.32 Å². The van der Waals surface area contributed by atoms with Gasteiger partial charge in [-0.25, -0.2) is 0 Å². The summed E-state index contributed by atoms with van der Waals surface area (Å²) in [5, 5.41) is 12.1. The normalized spacial score (nSPS) is 13.5. The third-order valence-corrected chi connectivity index (χ3v) is 10.3. The molecule has 0 saturated heterocycles. The molecule has 0 aromatic heterocycles. The van der Waals surface area contributed by atoms with Crippen LogP contribution in [-0.2, 0) is 4.43 Å². The lowest BCUT2D eigenvalue weighted by Gasteiger charge is -2.43. The van der Waals surface area contributed by atoms with Gasteiger partial charge in [-0.3, -0.25) is 0 Å². The largest absolute Gasteiger partial charge is 0.407 e. The van der Waals surface area contributed by atoms with Crippen molar-refractivity contribution in [3.05, 3.63) is 60.7 Å². The van der Waals surface area contributed by atoms with Crippen LogP contribution in [0.4, 0.5) is 0 Å². The zero-order valence-corrected chi connectivity index (χ0v) is 18.4. The van der Waals surface area contributed by atoms with Crippen LogP contribution in [0.3, 0.4) is 0 Å². The lowest BCUT2D eigenvalue weighted by molar-refractivity contribution is 0.180. The van der Waals surface area contributed by atoms with E-state index in [0.717, 1.165) is 38.7 Å². The summed E-state index contributed by atoms with van der Waals surface area (Å²) in [6, 6.07) is 21.7. The number of unbranched alkanes of at least 4 members (excludes halogenated alkanes) is 3. The average Bonchev–Trinajstić information content (AvgIpc) is 2.64. The third-order valence-electron chi connectivity index (χ3n) is 5.25. The Kier molecular flexibility index (Phi) is 8.27. The van der Waals surface area contributed by atoms with Gasteiger partial charge in [0, 0.05) is 6.61 Å². The molecule has 0 amide bonds. The molecule has 0 saturated carbocycles. The first-order valence-electron chi connectivity index (χ1n) is 10.3. The fraction of sp³-hybridized carbons (Fsp3) is 0.500. The predicted molar refractivity (Wildman–Crippen MR) is 118 cm³/mol. The van der Waals surface area contributed by atoms with Crippen LogP contribution < -0.4 is 10.4 Å². The lowest BCUT2D eigenvalue weighted by Crippen LogP contribution is -2.66. The van der Waals surface area contributed by atoms with Gasteiger partial charge in [0.15, 0.2) is 0 Å². The first kappa shape index (κ1) is 21.9. The van der Waals surface area contributed by atoms with Crippen LogP contribution in [0.5, 0.6) is 0 Å². The second-order valence-electron chi connectivity index (χ2n) is 8.56. The highest BCUT2D eigenvalue weighted by molar-refractivity contribution is 6.99. The van der Waals surface area contributed by atoms with Crippen LogP contribution in [0, 0.1) is 0 Å². The van der Waals surface area contributed by atoms with Crippen molar-refractivity contribution in [1.29, 1.82) is 0 Å². The molecule has 2 aromatic carbocycles. The van der Waals surface area contributed by atoms with Crippen molar-refractivity contribution in [1.82, 2.24) is 0 Å². The quantitative estimate of drug-likeness (QED) is 0.466. The fourth-order valence-corrected chi connectivity index (χ4v) is 8.49. The molecule has 27 heavy (non-hydrogen) atoms. The van der Waals surface area contributed by atoms with Gasteiger partial charge < -0.3 is 9.53 Å². The summed E-state index contributed by atoms with van der Waals surface area (Å²) >= 11 is 0. The van der Waals surface area contributed by atoms with Gasteiger partial charge in [0.1, 0.15) is 0 Å². The highest BCUT2D eigenvalue weighted by Gasteiger charge is 2.49. The molecule has 0 radical (unpaired) electrons. The van der Waals surface area contributed by atoms with Crippen molar-refractivity contribution < 1.29 is 9.53 Å². The minimum Gasteiger partial charge on any atom is -0.407 e. The molecular weight excluding hydrogens is 348 g/mol. The van der Waals surface area contributed by atoms with E-state index in [2.05, 4.69) is 81.4 Å². The first-order valence-corrected chi connectivity index (χ1v) is 12.2. The van der Waals surface area contributed by atoms with E-state index in [-0.39, 0.29) is 11.1 Å². The van der Waals surface area contributed by atoms with Gasteiger partial charge >= 0.3 is 0 Å². The molecular formula is C24H36O2Si. The Labute approximate surface area is 166 Å².